The predicted octanol–water partition coefficient (Wildman–Crippen LogP) is -0.132. The van der Waals surface area contributed by atoms with Crippen LogP contribution in [0.5, 0.6) is 0 Å². The van der Waals surface area contributed by atoms with Crippen molar-refractivity contribution in [3.05, 3.63) is 11.9 Å². The third-order valence-electron chi connectivity index (χ3n) is 2.09. The van der Waals surface area contributed by atoms with Crippen LogP contribution in [0.25, 0.3) is 0 Å². The molecule has 0 aliphatic heterocycles. The lowest BCUT2D eigenvalue weighted by molar-refractivity contribution is -0.120. The van der Waals surface area contributed by atoms with Crippen LogP contribution in [0.2, 0.25) is 0 Å². The first-order chi connectivity index (χ1) is 8.26. The maximum Gasteiger partial charge on any atom is 0.218 e. The molecule has 1 aromatic rings. The SMILES string of the molecule is COCc1cn(CCCNC(=O)CC[S-])nn1. The molecule has 1 aromatic heterocycles. The summed E-state index contributed by atoms with van der Waals surface area (Å²) in [5.41, 5.74) is 0.808. The van der Waals surface area contributed by atoms with Gasteiger partial charge in [-0.15, -0.1) is 5.10 Å². The first-order valence-corrected chi connectivity index (χ1v) is 6.06. The normalized spacial score (nSPS) is 10.5. The molecule has 0 saturated carbocycles. The minimum absolute atomic E-state index is 0.0127. The van der Waals surface area contributed by atoms with E-state index in [1.165, 1.54) is 0 Å². The van der Waals surface area contributed by atoms with Crippen molar-refractivity contribution in [1.29, 1.82) is 0 Å². The minimum Gasteiger partial charge on any atom is -0.792 e. The molecule has 0 aliphatic rings. The molecule has 0 bridgehead atoms. The van der Waals surface area contributed by atoms with Crippen LogP contribution < -0.4 is 5.32 Å². The Bertz CT molecular complexity index is 343. The lowest BCUT2D eigenvalue weighted by atomic mass is 10.4. The van der Waals surface area contributed by atoms with E-state index in [1.54, 1.807) is 11.8 Å². The van der Waals surface area contributed by atoms with Crippen molar-refractivity contribution >= 4 is 18.5 Å². The number of hydrogen-bond donors (Lipinski definition) is 1. The number of methoxy groups -OCH3 is 1. The number of amides is 1. The molecule has 1 rings (SSSR count). The van der Waals surface area contributed by atoms with Crippen LogP contribution in [-0.4, -0.2) is 40.3 Å². The monoisotopic (exact) mass is 257 g/mol. The Balaban J connectivity index is 2.15. The van der Waals surface area contributed by atoms with Crippen LogP contribution in [0.3, 0.4) is 0 Å². The highest BCUT2D eigenvalue weighted by Crippen LogP contribution is 1.95. The summed E-state index contributed by atoms with van der Waals surface area (Å²) in [5, 5.41) is 10.7. The van der Waals surface area contributed by atoms with Crippen LogP contribution in [0.15, 0.2) is 6.20 Å². The zero-order chi connectivity index (χ0) is 12.5. The minimum atomic E-state index is 0.0127. The van der Waals surface area contributed by atoms with E-state index >= 15 is 0 Å². The number of rotatable bonds is 8. The predicted molar refractivity (Wildman–Crippen MR) is 65.2 cm³/mol. The molecule has 0 aromatic carbocycles. The van der Waals surface area contributed by atoms with Crippen molar-refractivity contribution in [2.24, 2.45) is 0 Å². The summed E-state index contributed by atoms with van der Waals surface area (Å²) in [6.07, 6.45) is 3.07. The van der Waals surface area contributed by atoms with Crippen LogP contribution in [-0.2, 0) is 35.3 Å². The van der Waals surface area contributed by atoms with E-state index in [4.69, 9.17) is 17.4 Å². The highest BCUT2D eigenvalue weighted by molar-refractivity contribution is 7.58. The van der Waals surface area contributed by atoms with E-state index < -0.39 is 0 Å². The molecule has 0 atom stereocenters. The topological polar surface area (TPSA) is 69.0 Å². The van der Waals surface area contributed by atoms with Gasteiger partial charge in [0.2, 0.25) is 5.91 Å². The average Bonchev–Trinajstić information content (AvgIpc) is 2.73. The van der Waals surface area contributed by atoms with Crippen molar-refractivity contribution in [3.63, 3.8) is 0 Å². The van der Waals surface area contributed by atoms with Crippen molar-refractivity contribution in [1.82, 2.24) is 20.3 Å². The van der Waals surface area contributed by atoms with Gasteiger partial charge in [-0.05, 0) is 6.42 Å². The smallest absolute Gasteiger partial charge is 0.218 e. The Kier molecular flexibility index (Phi) is 6.64. The van der Waals surface area contributed by atoms with E-state index in [1.807, 2.05) is 6.20 Å². The molecule has 6 nitrogen and oxygen atoms in total. The number of hydrogen-bond acceptors (Lipinski definition) is 5. The van der Waals surface area contributed by atoms with Gasteiger partial charge in [0.25, 0.3) is 0 Å². The third kappa shape index (κ3) is 5.69. The molecular weight excluding hydrogens is 240 g/mol. The molecule has 1 amide bonds. The fraction of sp³-hybridized carbons (Fsp3) is 0.700. The van der Waals surface area contributed by atoms with E-state index in [0.717, 1.165) is 18.7 Å². The van der Waals surface area contributed by atoms with Gasteiger partial charge in [0.15, 0.2) is 0 Å². The zero-order valence-electron chi connectivity index (χ0n) is 9.89. The molecule has 1 N–H and O–H groups in total. The molecular formula is C10H17N4O2S-. The number of nitrogens with one attached hydrogen (secondary N) is 1. The summed E-state index contributed by atoms with van der Waals surface area (Å²) < 4.78 is 6.69. The van der Waals surface area contributed by atoms with E-state index in [2.05, 4.69) is 15.6 Å². The summed E-state index contributed by atoms with van der Waals surface area (Å²) >= 11 is 4.72. The van der Waals surface area contributed by atoms with Gasteiger partial charge in [0, 0.05) is 26.6 Å². The van der Waals surface area contributed by atoms with Gasteiger partial charge in [0.1, 0.15) is 5.69 Å². The van der Waals surface area contributed by atoms with Crippen LogP contribution in [0.4, 0.5) is 0 Å². The highest BCUT2D eigenvalue weighted by atomic mass is 32.1. The molecule has 0 saturated heterocycles. The van der Waals surface area contributed by atoms with Crippen molar-refractivity contribution in [2.75, 3.05) is 19.4 Å². The molecule has 0 fully saturated rings. The number of carbonyl (C=O) groups is 1. The van der Waals surface area contributed by atoms with Gasteiger partial charge >= 0.3 is 0 Å². The van der Waals surface area contributed by atoms with E-state index in [-0.39, 0.29) is 5.91 Å². The van der Waals surface area contributed by atoms with Crippen molar-refractivity contribution < 1.29 is 9.53 Å². The van der Waals surface area contributed by atoms with Gasteiger partial charge in [-0.2, -0.15) is 5.75 Å². The largest absolute Gasteiger partial charge is 0.792 e. The van der Waals surface area contributed by atoms with Crippen molar-refractivity contribution in [3.8, 4) is 0 Å². The van der Waals surface area contributed by atoms with Gasteiger partial charge < -0.3 is 22.7 Å². The Morgan fingerprint density at radius 3 is 3.18 bits per heavy atom. The molecule has 1 heterocycles. The molecule has 0 radical (unpaired) electrons. The zero-order valence-corrected chi connectivity index (χ0v) is 10.7. The lowest BCUT2D eigenvalue weighted by Crippen LogP contribution is -2.25. The second-order valence-electron chi connectivity index (χ2n) is 3.56. The summed E-state index contributed by atoms with van der Waals surface area (Å²) in [5.74, 6) is 0.480. The van der Waals surface area contributed by atoms with E-state index in [0.29, 0.717) is 25.3 Å². The van der Waals surface area contributed by atoms with Gasteiger partial charge in [0.05, 0.1) is 12.8 Å². The molecule has 17 heavy (non-hydrogen) atoms. The fourth-order valence-electron chi connectivity index (χ4n) is 1.31. The second kappa shape index (κ2) is 8.08. The number of aromatic nitrogens is 3. The van der Waals surface area contributed by atoms with Crippen molar-refractivity contribution in [2.45, 2.75) is 26.0 Å². The van der Waals surface area contributed by atoms with Gasteiger partial charge in [-0.1, -0.05) is 5.21 Å². The summed E-state index contributed by atoms with van der Waals surface area (Å²) in [4.78, 5) is 11.1. The quantitative estimate of drug-likeness (QED) is 0.519. The first kappa shape index (κ1) is 14.0. The Hall–Kier alpha value is -1.08. The molecule has 0 aliphatic carbocycles. The summed E-state index contributed by atoms with van der Waals surface area (Å²) in [6.45, 7) is 1.83. The number of nitrogens with zero attached hydrogens (tertiary/aromatic N) is 3. The van der Waals surface area contributed by atoms with Crippen LogP contribution >= 0.6 is 0 Å². The summed E-state index contributed by atoms with van der Waals surface area (Å²) in [7, 11) is 1.62. The first-order valence-electron chi connectivity index (χ1n) is 5.49. The van der Waals surface area contributed by atoms with Gasteiger partial charge in [-0.3, -0.25) is 9.48 Å². The number of aryl methyl sites for hydroxylation is 1. The van der Waals surface area contributed by atoms with Crippen LogP contribution in [0.1, 0.15) is 18.5 Å². The molecule has 7 heteroatoms. The molecule has 0 unspecified atom stereocenters. The highest BCUT2D eigenvalue weighted by Gasteiger charge is 2.00. The van der Waals surface area contributed by atoms with Crippen LogP contribution in [0, 0.1) is 0 Å². The fourth-order valence-corrected chi connectivity index (χ4v) is 1.50. The summed E-state index contributed by atoms with van der Waals surface area (Å²) in [6, 6.07) is 0. The molecule has 0 spiro atoms. The van der Waals surface area contributed by atoms with Gasteiger partial charge in [-0.25, -0.2) is 0 Å². The number of carbonyl (C=O) groups excluding carboxylic acids is 1. The second-order valence-corrected chi connectivity index (χ2v) is 3.97. The average molecular weight is 257 g/mol. The molecule has 96 valence electrons. The van der Waals surface area contributed by atoms with E-state index in [9.17, 15) is 4.79 Å². The lowest BCUT2D eigenvalue weighted by Gasteiger charge is -2.06. The maximum atomic E-state index is 11.1. The Morgan fingerprint density at radius 2 is 2.47 bits per heavy atom. The Labute approximate surface area is 106 Å². The third-order valence-corrected chi connectivity index (χ3v) is 2.30. The number of ether oxygens (including phenoxy) is 1. The maximum absolute atomic E-state index is 11.1. The standard InChI is InChI=1S/C10H18N4O2S/c1-16-8-9-7-14(13-12-9)5-2-4-11-10(15)3-6-17/h7,17H,2-6,8H2,1H3,(H,11,15)/p-1. The Morgan fingerprint density at radius 1 is 1.65 bits per heavy atom.